The number of benzene rings is 1. The van der Waals surface area contributed by atoms with Crippen LogP contribution >= 0.6 is 0 Å². The number of hydrogen-bond acceptors (Lipinski definition) is 2. The Labute approximate surface area is 114 Å². The van der Waals surface area contributed by atoms with Gasteiger partial charge in [0.05, 0.1) is 6.33 Å². The molecule has 1 aromatic heterocycles. The van der Waals surface area contributed by atoms with Crippen LogP contribution in [0.5, 0.6) is 0 Å². The molecule has 3 atom stereocenters. The van der Waals surface area contributed by atoms with E-state index >= 15 is 0 Å². The molecule has 0 amide bonds. The fraction of sp³-hybridized carbons (Fsp3) is 0.438. The summed E-state index contributed by atoms with van der Waals surface area (Å²) in [6, 6.07) is 9.11. The van der Waals surface area contributed by atoms with Crippen LogP contribution < -0.4 is 5.32 Å². The molecule has 1 fully saturated rings. The summed E-state index contributed by atoms with van der Waals surface area (Å²) in [6.45, 7) is 5.71. The quantitative estimate of drug-likeness (QED) is 0.889. The minimum atomic E-state index is 0.421. The summed E-state index contributed by atoms with van der Waals surface area (Å²) < 4.78 is 2.02. The number of nitrogens with one attached hydrogen (secondary N) is 1. The Hall–Kier alpha value is -1.61. The molecule has 100 valence electrons. The van der Waals surface area contributed by atoms with Crippen LogP contribution in [0.15, 0.2) is 43.0 Å². The third-order valence-corrected chi connectivity index (χ3v) is 4.16. The third kappa shape index (κ3) is 2.87. The number of hydrogen-bond donors (Lipinski definition) is 1. The van der Waals surface area contributed by atoms with Crippen LogP contribution in [0.2, 0.25) is 0 Å². The highest BCUT2D eigenvalue weighted by molar-refractivity contribution is 5.35. The van der Waals surface area contributed by atoms with Gasteiger partial charge in [-0.2, -0.15) is 0 Å². The van der Waals surface area contributed by atoms with E-state index in [-0.39, 0.29) is 0 Å². The zero-order chi connectivity index (χ0) is 13.2. The van der Waals surface area contributed by atoms with Crippen molar-refractivity contribution in [3.05, 3.63) is 48.5 Å². The van der Waals surface area contributed by atoms with Gasteiger partial charge in [-0.25, -0.2) is 4.98 Å². The van der Waals surface area contributed by atoms with Gasteiger partial charge in [0.15, 0.2) is 0 Å². The van der Waals surface area contributed by atoms with Crippen LogP contribution in [0, 0.1) is 11.8 Å². The van der Waals surface area contributed by atoms with E-state index in [4.69, 9.17) is 0 Å². The molecule has 19 heavy (non-hydrogen) atoms. The zero-order valence-electron chi connectivity index (χ0n) is 11.6. The molecule has 3 nitrogen and oxygen atoms in total. The minimum Gasteiger partial charge on any atom is -0.310 e. The first-order valence-corrected chi connectivity index (χ1v) is 7.05. The minimum absolute atomic E-state index is 0.421. The molecule has 3 heteroatoms. The first-order valence-electron chi connectivity index (χ1n) is 7.05. The zero-order valence-corrected chi connectivity index (χ0v) is 11.6. The van der Waals surface area contributed by atoms with Gasteiger partial charge in [0.1, 0.15) is 0 Å². The van der Waals surface area contributed by atoms with Crippen LogP contribution in [0.25, 0.3) is 5.69 Å². The Morgan fingerprint density at radius 1 is 1.37 bits per heavy atom. The summed E-state index contributed by atoms with van der Waals surface area (Å²) in [4.78, 5) is 4.07. The van der Waals surface area contributed by atoms with Crippen LogP contribution in [0.4, 0.5) is 0 Å². The maximum atomic E-state index is 4.07. The molecule has 1 saturated carbocycles. The summed E-state index contributed by atoms with van der Waals surface area (Å²) in [5, 5.41) is 3.63. The molecule has 1 heterocycles. The van der Waals surface area contributed by atoms with Crippen molar-refractivity contribution in [1.29, 1.82) is 0 Å². The second-order valence-corrected chi connectivity index (χ2v) is 5.66. The van der Waals surface area contributed by atoms with Gasteiger partial charge in [0.2, 0.25) is 0 Å². The lowest BCUT2D eigenvalue weighted by Gasteiger charge is -2.14. The van der Waals surface area contributed by atoms with Gasteiger partial charge in [-0.1, -0.05) is 19.1 Å². The topological polar surface area (TPSA) is 29.9 Å². The van der Waals surface area contributed by atoms with E-state index in [0.29, 0.717) is 6.04 Å². The molecule has 1 aromatic carbocycles. The van der Waals surface area contributed by atoms with Crippen LogP contribution in [0.3, 0.4) is 0 Å². The Morgan fingerprint density at radius 2 is 2.11 bits per heavy atom. The van der Waals surface area contributed by atoms with Gasteiger partial charge in [0, 0.05) is 24.1 Å². The smallest absolute Gasteiger partial charge is 0.0991 e. The molecular weight excluding hydrogens is 234 g/mol. The molecule has 1 aliphatic rings. The standard InChI is InChI=1S/C16H21N3/c1-12-9-15(12)10-18-13(2)14-3-5-16(6-4-14)19-8-7-17-11-19/h3-8,11-13,15,18H,9-10H2,1-2H3. The van der Waals surface area contributed by atoms with Crippen LogP contribution in [0.1, 0.15) is 31.9 Å². The van der Waals surface area contributed by atoms with Crippen molar-refractivity contribution < 1.29 is 0 Å². The fourth-order valence-electron chi connectivity index (χ4n) is 2.48. The summed E-state index contributed by atoms with van der Waals surface area (Å²) in [5.41, 5.74) is 2.50. The third-order valence-electron chi connectivity index (χ3n) is 4.16. The van der Waals surface area contributed by atoms with E-state index in [9.17, 15) is 0 Å². The Kier molecular flexibility index (Phi) is 3.38. The fourth-order valence-corrected chi connectivity index (χ4v) is 2.48. The second-order valence-electron chi connectivity index (χ2n) is 5.66. The van der Waals surface area contributed by atoms with Crippen molar-refractivity contribution in [3.63, 3.8) is 0 Å². The van der Waals surface area contributed by atoms with E-state index in [2.05, 4.69) is 48.4 Å². The molecule has 0 spiro atoms. The molecule has 1 aliphatic carbocycles. The molecule has 0 saturated heterocycles. The summed E-state index contributed by atoms with van der Waals surface area (Å²) >= 11 is 0. The Balaban J connectivity index is 1.61. The lowest BCUT2D eigenvalue weighted by atomic mass is 10.1. The summed E-state index contributed by atoms with van der Waals surface area (Å²) in [6.07, 6.45) is 6.98. The highest BCUT2D eigenvalue weighted by Crippen LogP contribution is 2.37. The lowest BCUT2D eigenvalue weighted by molar-refractivity contribution is 0.535. The highest BCUT2D eigenvalue weighted by atomic mass is 15.0. The second kappa shape index (κ2) is 5.17. The first kappa shape index (κ1) is 12.4. The predicted molar refractivity (Wildman–Crippen MR) is 77.3 cm³/mol. The molecule has 2 aromatic rings. The van der Waals surface area contributed by atoms with Crippen molar-refractivity contribution in [2.45, 2.75) is 26.3 Å². The number of nitrogens with zero attached hydrogens (tertiary/aromatic N) is 2. The van der Waals surface area contributed by atoms with Crippen molar-refractivity contribution >= 4 is 0 Å². The molecule has 0 bridgehead atoms. The number of aromatic nitrogens is 2. The van der Waals surface area contributed by atoms with Crippen molar-refractivity contribution in [1.82, 2.24) is 14.9 Å². The summed E-state index contributed by atoms with van der Waals surface area (Å²) in [5.74, 6) is 1.82. The average Bonchev–Trinajstić information content (AvgIpc) is 2.93. The normalized spacial score (nSPS) is 23.3. The Morgan fingerprint density at radius 3 is 2.68 bits per heavy atom. The van der Waals surface area contributed by atoms with Gasteiger partial charge in [0.25, 0.3) is 0 Å². The number of rotatable bonds is 5. The van der Waals surface area contributed by atoms with E-state index in [1.54, 1.807) is 6.20 Å². The molecule has 0 radical (unpaired) electrons. The van der Waals surface area contributed by atoms with Gasteiger partial charge in [-0.15, -0.1) is 0 Å². The summed E-state index contributed by atoms with van der Waals surface area (Å²) in [7, 11) is 0. The van der Waals surface area contributed by atoms with Crippen molar-refractivity contribution in [2.75, 3.05) is 6.54 Å². The van der Waals surface area contributed by atoms with Gasteiger partial charge < -0.3 is 9.88 Å². The highest BCUT2D eigenvalue weighted by Gasteiger charge is 2.32. The average molecular weight is 255 g/mol. The van der Waals surface area contributed by atoms with Crippen molar-refractivity contribution in [3.8, 4) is 5.69 Å². The van der Waals surface area contributed by atoms with E-state index in [1.165, 1.54) is 12.0 Å². The van der Waals surface area contributed by atoms with Gasteiger partial charge in [-0.05, 0) is 49.4 Å². The van der Waals surface area contributed by atoms with E-state index < -0.39 is 0 Å². The molecular formula is C16H21N3. The lowest BCUT2D eigenvalue weighted by Crippen LogP contribution is -2.21. The van der Waals surface area contributed by atoms with E-state index in [0.717, 1.165) is 24.1 Å². The monoisotopic (exact) mass is 255 g/mol. The number of imidazole rings is 1. The van der Waals surface area contributed by atoms with Gasteiger partial charge in [-0.3, -0.25) is 0 Å². The van der Waals surface area contributed by atoms with Crippen molar-refractivity contribution in [2.24, 2.45) is 11.8 Å². The maximum Gasteiger partial charge on any atom is 0.0991 e. The molecule has 1 N–H and O–H groups in total. The van der Waals surface area contributed by atoms with Crippen LogP contribution in [-0.2, 0) is 0 Å². The molecule has 3 rings (SSSR count). The first-order chi connectivity index (χ1) is 9.24. The van der Waals surface area contributed by atoms with Gasteiger partial charge >= 0.3 is 0 Å². The van der Waals surface area contributed by atoms with E-state index in [1.807, 2.05) is 17.1 Å². The predicted octanol–water partition coefficient (Wildman–Crippen LogP) is 3.18. The molecule has 3 unspecified atom stereocenters. The Bertz CT molecular complexity index is 515. The molecule has 0 aliphatic heterocycles. The van der Waals surface area contributed by atoms with Crippen LogP contribution in [-0.4, -0.2) is 16.1 Å². The largest absolute Gasteiger partial charge is 0.310 e. The SMILES string of the molecule is CC(NCC1CC1C)c1ccc(-n2ccnc2)cc1. The maximum absolute atomic E-state index is 4.07.